The molecule has 0 radical (unpaired) electrons. The average molecular weight is 406 g/mol. The molecule has 1 amide bonds. The summed E-state index contributed by atoms with van der Waals surface area (Å²) >= 11 is 0. The number of ether oxygens (including phenoxy) is 1. The predicted octanol–water partition coefficient (Wildman–Crippen LogP) is 2.80. The number of para-hydroxylation sites is 2. The average Bonchev–Trinajstić information content (AvgIpc) is 3.38. The number of methoxy groups -OCH3 is 1. The molecule has 0 unspecified atom stereocenters. The van der Waals surface area contributed by atoms with Gasteiger partial charge in [-0.2, -0.15) is 0 Å². The standard InChI is InChI=1S/C23H27N5O2/c1-30-21-11-17-13-27(12-16(17)10-19(21)26-22-8-4-5-9-24-22)23(29)14-28-15-25-18-6-2-3-7-20(18)28/h2-9,15-17,19,21H,10-14H2,1H3,(H,24,26)/t16-,17+,19-,21-/m1/s1. The van der Waals surface area contributed by atoms with Crippen LogP contribution in [-0.4, -0.2) is 57.7 Å². The summed E-state index contributed by atoms with van der Waals surface area (Å²) in [5.74, 6) is 2.01. The van der Waals surface area contributed by atoms with Crippen molar-refractivity contribution in [2.45, 2.75) is 31.5 Å². The van der Waals surface area contributed by atoms with Crippen LogP contribution in [-0.2, 0) is 16.1 Å². The van der Waals surface area contributed by atoms with Gasteiger partial charge in [0.15, 0.2) is 0 Å². The number of nitrogens with zero attached hydrogens (tertiary/aromatic N) is 4. The van der Waals surface area contributed by atoms with Crippen molar-refractivity contribution in [3.63, 3.8) is 0 Å². The molecular formula is C23H27N5O2. The lowest BCUT2D eigenvalue weighted by atomic mass is 9.77. The molecule has 0 bridgehead atoms. The van der Waals surface area contributed by atoms with E-state index in [1.807, 2.05) is 51.9 Å². The van der Waals surface area contributed by atoms with E-state index >= 15 is 0 Å². The van der Waals surface area contributed by atoms with E-state index in [1.54, 1.807) is 19.6 Å². The van der Waals surface area contributed by atoms with Gasteiger partial charge in [-0.15, -0.1) is 0 Å². The first-order valence-electron chi connectivity index (χ1n) is 10.6. The first-order valence-corrected chi connectivity index (χ1v) is 10.6. The van der Waals surface area contributed by atoms with Crippen LogP contribution in [0.3, 0.4) is 0 Å². The molecule has 2 fully saturated rings. The molecule has 7 nitrogen and oxygen atoms in total. The van der Waals surface area contributed by atoms with Crippen molar-refractivity contribution in [2.24, 2.45) is 11.8 Å². The van der Waals surface area contributed by atoms with Crippen LogP contribution < -0.4 is 5.32 Å². The highest BCUT2D eigenvalue weighted by molar-refractivity contribution is 5.80. The van der Waals surface area contributed by atoms with Gasteiger partial charge in [0, 0.05) is 26.4 Å². The smallest absolute Gasteiger partial charge is 0.242 e. The third-order valence-electron chi connectivity index (χ3n) is 6.60. The van der Waals surface area contributed by atoms with Crippen molar-refractivity contribution in [1.82, 2.24) is 19.4 Å². The van der Waals surface area contributed by atoms with Gasteiger partial charge in [0.1, 0.15) is 12.4 Å². The Morgan fingerprint density at radius 2 is 1.90 bits per heavy atom. The lowest BCUT2D eigenvalue weighted by Crippen LogP contribution is -2.44. The van der Waals surface area contributed by atoms with Crippen LogP contribution >= 0.6 is 0 Å². The van der Waals surface area contributed by atoms with E-state index in [2.05, 4.69) is 15.3 Å². The molecule has 156 valence electrons. The molecule has 1 aliphatic carbocycles. The highest BCUT2D eigenvalue weighted by Crippen LogP contribution is 2.38. The largest absolute Gasteiger partial charge is 0.379 e. The number of amides is 1. The Morgan fingerprint density at radius 3 is 2.70 bits per heavy atom. The number of benzene rings is 1. The molecule has 1 N–H and O–H groups in total. The van der Waals surface area contributed by atoms with Gasteiger partial charge in [0.2, 0.25) is 5.91 Å². The summed E-state index contributed by atoms with van der Waals surface area (Å²) in [6.07, 6.45) is 5.63. The molecular weight excluding hydrogens is 378 g/mol. The number of pyridine rings is 1. The lowest BCUT2D eigenvalue weighted by molar-refractivity contribution is -0.131. The van der Waals surface area contributed by atoms with Gasteiger partial charge in [0.05, 0.1) is 29.5 Å². The third-order valence-corrected chi connectivity index (χ3v) is 6.60. The molecule has 3 heterocycles. The number of nitrogens with one attached hydrogen (secondary N) is 1. The van der Waals surface area contributed by atoms with Gasteiger partial charge in [-0.25, -0.2) is 9.97 Å². The highest BCUT2D eigenvalue weighted by Gasteiger charge is 2.43. The van der Waals surface area contributed by atoms with Crippen molar-refractivity contribution >= 4 is 22.8 Å². The highest BCUT2D eigenvalue weighted by atomic mass is 16.5. The number of anilines is 1. The molecule has 0 spiro atoms. The van der Waals surface area contributed by atoms with Crippen molar-refractivity contribution < 1.29 is 9.53 Å². The Labute approximate surface area is 176 Å². The van der Waals surface area contributed by atoms with Crippen molar-refractivity contribution in [3.8, 4) is 0 Å². The molecule has 1 saturated heterocycles. The summed E-state index contributed by atoms with van der Waals surface area (Å²) in [6, 6.07) is 14.0. The van der Waals surface area contributed by atoms with Crippen LogP contribution in [0.2, 0.25) is 0 Å². The Balaban J connectivity index is 1.25. The number of imidazole rings is 1. The fourth-order valence-corrected chi connectivity index (χ4v) is 5.05. The topological polar surface area (TPSA) is 72.3 Å². The fraction of sp³-hybridized carbons (Fsp3) is 0.435. The number of hydrogen-bond acceptors (Lipinski definition) is 5. The van der Waals surface area contributed by atoms with Crippen LogP contribution in [0.1, 0.15) is 12.8 Å². The number of likely N-dealkylation sites (tertiary alicyclic amines) is 1. The molecule has 1 aromatic carbocycles. The first kappa shape index (κ1) is 19.1. The third kappa shape index (κ3) is 3.65. The van der Waals surface area contributed by atoms with Gasteiger partial charge in [-0.05, 0) is 48.9 Å². The molecule has 7 heteroatoms. The summed E-state index contributed by atoms with van der Waals surface area (Å²) in [5, 5.41) is 3.54. The number of hydrogen-bond donors (Lipinski definition) is 1. The Hall–Kier alpha value is -2.93. The maximum atomic E-state index is 13.0. The number of carbonyl (C=O) groups is 1. The summed E-state index contributed by atoms with van der Waals surface area (Å²) in [5.41, 5.74) is 1.92. The maximum absolute atomic E-state index is 13.0. The van der Waals surface area contributed by atoms with Crippen LogP contribution in [0.15, 0.2) is 55.0 Å². The second-order valence-electron chi connectivity index (χ2n) is 8.39. The summed E-state index contributed by atoms with van der Waals surface area (Å²) in [7, 11) is 1.78. The zero-order valence-electron chi connectivity index (χ0n) is 17.1. The van der Waals surface area contributed by atoms with E-state index in [0.29, 0.717) is 18.4 Å². The number of rotatable bonds is 5. The van der Waals surface area contributed by atoms with E-state index in [-0.39, 0.29) is 18.1 Å². The molecule has 5 rings (SSSR count). The molecule has 2 aromatic heterocycles. The van der Waals surface area contributed by atoms with Crippen LogP contribution in [0.4, 0.5) is 5.82 Å². The molecule has 1 saturated carbocycles. The van der Waals surface area contributed by atoms with E-state index in [4.69, 9.17) is 4.74 Å². The summed E-state index contributed by atoms with van der Waals surface area (Å²) in [4.78, 5) is 23.9. The second-order valence-corrected chi connectivity index (χ2v) is 8.39. The fourth-order valence-electron chi connectivity index (χ4n) is 5.05. The minimum atomic E-state index is 0.126. The SMILES string of the molecule is CO[C@@H]1C[C@H]2CN(C(=O)Cn3cnc4ccccc43)C[C@H]2C[C@H]1Nc1ccccn1. The van der Waals surface area contributed by atoms with Gasteiger partial charge < -0.3 is 19.5 Å². The van der Waals surface area contributed by atoms with E-state index in [0.717, 1.165) is 42.8 Å². The number of carbonyl (C=O) groups excluding carboxylic acids is 1. The summed E-state index contributed by atoms with van der Waals surface area (Å²) < 4.78 is 7.75. The molecule has 2 aliphatic rings. The van der Waals surface area contributed by atoms with Crippen LogP contribution in [0.25, 0.3) is 11.0 Å². The summed E-state index contributed by atoms with van der Waals surface area (Å²) in [6.45, 7) is 1.96. The van der Waals surface area contributed by atoms with Gasteiger partial charge in [-0.3, -0.25) is 4.79 Å². The Bertz CT molecular complexity index is 1020. The molecule has 30 heavy (non-hydrogen) atoms. The Morgan fingerprint density at radius 1 is 1.10 bits per heavy atom. The number of fused-ring (bicyclic) bond motifs is 2. The number of aromatic nitrogens is 3. The van der Waals surface area contributed by atoms with Crippen molar-refractivity contribution in [3.05, 3.63) is 55.0 Å². The normalized spacial score (nSPS) is 26.0. The molecule has 4 atom stereocenters. The monoisotopic (exact) mass is 405 g/mol. The van der Waals surface area contributed by atoms with E-state index < -0.39 is 0 Å². The minimum Gasteiger partial charge on any atom is -0.379 e. The quantitative estimate of drug-likeness (QED) is 0.707. The van der Waals surface area contributed by atoms with Gasteiger partial charge in [0.25, 0.3) is 0 Å². The van der Waals surface area contributed by atoms with Crippen molar-refractivity contribution in [1.29, 1.82) is 0 Å². The zero-order chi connectivity index (χ0) is 20.5. The lowest BCUT2D eigenvalue weighted by Gasteiger charge is -2.37. The maximum Gasteiger partial charge on any atom is 0.242 e. The predicted molar refractivity (Wildman–Crippen MR) is 115 cm³/mol. The van der Waals surface area contributed by atoms with Crippen molar-refractivity contribution in [2.75, 3.05) is 25.5 Å². The minimum absolute atomic E-state index is 0.126. The van der Waals surface area contributed by atoms with Gasteiger partial charge in [-0.1, -0.05) is 18.2 Å². The van der Waals surface area contributed by atoms with E-state index in [9.17, 15) is 4.79 Å². The zero-order valence-corrected chi connectivity index (χ0v) is 17.1. The van der Waals surface area contributed by atoms with Gasteiger partial charge >= 0.3 is 0 Å². The first-order chi connectivity index (χ1) is 14.7. The molecule has 3 aromatic rings. The van der Waals surface area contributed by atoms with E-state index in [1.165, 1.54) is 0 Å². The Kier molecular flexibility index (Phi) is 5.12. The van der Waals surface area contributed by atoms with Crippen LogP contribution in [0.5, 0.6) is 0 Å². The second kappa shape index (κ2) is 8.07. The van der Waals surface area contributed by atoms with Crippen LogP contribution in [0, 0.1) is 11.8 Å². The molecule has 1 aliphatic heterocycles.